The number of anilines is 2. The largest absolute Gasteiger partial charge is 0.376 e. The fraction of sp³-hybridized carbons (Fsp3) is 0.478. The third kappa shape index (κ3) is 8.89. The van der Waals surface area contributed by atoms with Crippen LogP contribution in [0.15, 0.2) is 60.7 Å². The number of likely N-dealkylation sites (N-methyl/N-ethyl adjacent to an activating group) is 1. The summed E-state index contributed by atoms with van der Waals surface area (Å²) in [7, 11) is 4.24. The van der Waals surface area contributed by atoms with Crippen LogP contribution in [0.5, 0.6) is 0 Å². The molecule has 3 atom stereocenters. The second kappa shape index (κ2) is 17.7. The lowest BCUT2D eigenvalue weighted by atomic mass is 9.92. The van der Waals surface area contributed by atoms with E-state index < -0.39 is 29.7 Å². The van der Waals surface area contributed by atoms with Crippen LogP contribution in [0, 0.1) is 18.7 Å². The standard InChI is InChI=1S/C46H55FN8O6/c1-29-5-4-6-38(47)36(29)26-51-27-37(40(28-51)50(2)3)31-7-10-33(11-8-31)52-19-21-54(22-20-52)42(57)23-30-15-17-53(18-16-30)43(58)25-48-32-9-12-34-35(24-32)46(61)55(45(34)60)39-13-14-41(56)49-44(39)59/h4-12,24,30,37,39-40,48H,13-23,25-28H2,1-3H3,(H,49,56,59)/t37-,39?,40+/m1/s1. The van der Waals surface area contributed by atoms with Gasteiger partial charge >= 0.3 is 0 Å². The van der Waals surface area contributed by atoms with E-state index in [1.54, 1.807) is 23.1 Å². The smallest absolute Gasteiger partial charge is 0.262 e. The number of amides is 6. The van der Waals surface area contributed by atoms with Gasteiger partial charge in [0.05, 0.1) is 17.7 Å². The number of carbonyl (C=O) groups excluding carboxylic acids is 6. The third-order valence-corrected chi connectivity index (χ3v) is 13.4. The Kier molecular flexibility index (Phi) is 12.2. The van der Waals surface area contributed by atoms with Crippen molar-refractivity contribution >= 4 is 46.8 Å². The molecule has 8 rings (SSSR count). The molecule has 15 heteroatoms. The van der Waals surface area contributed by atoms with Crippen molar-refractivity contribution in [2.75, 3.05) is 83.2 Å². The highest BCUT2D eigenvalue weighted by molar-refractivity contribution is 6.23. The molecule has 1 unspecified atom stereocenters. The lowest BCUT2D eigenvalue weighted by Crippen LogP contribution is -2.54. The monoisotopic (exact) mass is 834 g/mol. The molecule has 0 spiro atoms. The summed E-state index contributed by atoms with van der Waals surface area (Å²) in [6, 6.07) is 18.1. The summed E-state index contributed by atoms with van der Waals surface area (Å²) >= 11 is 0. The van der Waals surface area contributed by atoms with Crippen molar-refractivity contribution in [3.8, 4) is 0 Å². The number of hydrogen-bond donors (Lipinski definition) is 2. The number of piperidine rings is 2. The summed E-state index contributed by atoms with van der Waals surface area (Å²) in [6.07, 6.45) is 2.07. The van der Waals surface area contributed by atoms with E-state index >= 15 is 0 Å². The molecule has 2 N–H and O–H groups in total. The van der Waals surface area contributed by atoms with Crippen LogP contribution in [-0.2, 0) is 25.7 Å². The van der Waals surface area contributed by atoms with Gasteiger partial charge in [0.25, 0.3) is 11.8 Å². The quantitative estimate of drug-likeness (QED) is 0.276. The van der Waals surface area contributed by atoms with Crippen molar-refractivity contribution in [1.82, 2.24) is 29.8 Å². The molecular formula is C46H55FN8O6. The van der Waals surface area contributed by atoms with Crippen molar-refractivity contribution in [1.29, 1.82) is 0 Å². The Hall–Kier alpha value is -5.67. The molecule has 5 heterocycles. The van der Waals surface area contributed by atoms with Gasteiger partial charge in [-0.3, -0.25) is 43.9 Å². The molecule has 0 aromatic heterocycles. The number of halogens is 1. The number of carbonyl (C=O) groups is 6. The van der Waals surface area contributed by atoms with E-state index in [-0.39, 0.29) is 54.1 Å². The SMILES string of the molecule is Cc1cccc(F)c1CN1C[C@H](c2ccc(N3CCN(C(=O)CC4CCN(C(=O)CNc5ccc6c(c5)C(=O)N(C5CCC(=O)NC5=O)C6=O)CC4)CC3)cc2)[C@@H](N(C)C)C1. The van der Waals surface area contributed by atoms with Gasteiger partial charge in [-0.25, -0.2) is 4.39 Å². The number of imide groups is 2. The molecular weight excluding hydrogens is 780 g/mol. The maximum Gasteiger partial charge on any atom is 0.262 e. The number of likely N-dealkylation sites (tertiary alicyclic amines) is 2. The molecule has 4 saturated heterocycles. The first-order chi connectivity index (χ1) is 29.3. The summed E-state index contributed by atoms with van der Waals surface area (Å²) in [6.45, 7) is 8.28. The molecule has 0 bridgehead atoms. The first-order valence-electron chi connectivity index (χ1n) is 21.5. The molecule has 5 aliphatic heterocycles. The molecule has 0 radical (unpaired) electrons. The highest BCUT2D eigenvalue weighted by Gasteiger charge is 2.45. The highest BCUT2D eigenvalue weighted by atomic mass is 19.1. The van der Waals surface area contributed by atoms with Crippen LogP contribution in [-0.4, -0.2) is 145 Å². The van der Waals surface area contributed by atoms with E-state index in [1.807, 2.05) is 17.9 Å². The topological polar surface area (TPSA) is 146 Å². The molecule has 61 heavy (non-hydrogen) atoms. The van der Waals surface area contributed by atoms with Gasteiger partial charge in [0, 0.05) is 101 Å². The summed E-state index contributed by atoms with van der Waals surface area (Å²) < 4.78 is 14.7. The van der Waals surface area contributed by atoms with Gasteiger partial charge in [0.15, 0.2) is 0 Å². The lowest BCUT2D eigenvalue weighted by molar-refractivity contribution is -0.137. The van der Waals surface area contributed by atoms with Gasteiger partial charge in [-0.15, -0.1) is 0 Å². The van der Waals surface area contributed by atoms with Crippen LogP contribution in [0.1, 0.15) is 75.4 Å². The predicted octanol–water partition coefficient (Wildman–Crippen LogP) is 3.45. The first kappa shape index (κ1) is 42.0. The Balaban J connectivity index is 0.763. The minimum atomic E-state index is -1.04. The number of hydrogen-bond acceptors (Lipinski definition) is 10. The molecule has 3 aromatic carbocycles. The fourth-order valence-corrected chi connectivity index (χ4v) is 9.72. The van der Waals surface area contributed by atoms with Gasteiger partial charge in [-0.05, 0) is 93.7 Å². The van der Waals surface area contributed by atoms with Gasteiger partial charge < -0.3 is 24.9 Å². The zero-order chi connectivity index (χ0) is 42.9. The number of nitrogens with one attached hydrogen (secondary N) is 2. The Bertz CT molecular complexity index is 2180. The van der Waals surface area contributed by atoms with Crippen molar-refractivity contribution in [2.45, 2.75) is 63.6 Å². The lowest BCUT2D eigenvalue weighted by Gasteiger charge is -2.38. The maximum absolute atomic E-state index is 14.7. The van der Waals surface area contributed by atoms with E-state index in [9.17, 15) is 33.2 Å². The zero-order valence-corrected chi connectivity index (χ0v) is 35.2. The summed E-state index contributed by atoms with van der Waals surface area (Å²) in [5, 5.41) is 5.27. The van der Waals surface area contributed by atoms with Crippen molar-refractivity contribution in [3.05, 3.63) is 94.3 Å². The van der Waals surface area contributed by atoms with Gasteiger partial charge in [-0.1, -0.05) is 24.3 Å². The van der Waals surface area contributed by atoms with Crippen LogP contribution in [0.2, 0.25) is 0 Å². The number of aryl methyl sites for hydroxylation is 1. The molecule has 4 fully saturated rings. The van der Waals surface area contributed by atoms with E-state index in [0.29, 0.717) is 56.8 Å². The molecule has 322 valence electrons. The van der Waals surface area contributed by atoms with Crippen molar-refractivity contribution in [3.63, 3.8) is 0 Å². The molecule has 6 amide bonds. The summed E-state index contributed by atoms with van der Waals surface area (Å²) in [5.41, 5.74) is 5.01. The summed E-state index contributed by atoms with van der Waals surface area (Å²) in [4.78, 5) is 88.4. The van der Waals surface area contributed by atoms with E-state index in [1.165, 1.54) is 17.7 Å². The van der Waals surface area contributed by atoms with Gasteiger partial charge in [0.2, 0.25) is 23.6 Å². The van der Waals surface area contributed by atoms with E-state index in [0.717, 1.165) is 60.7 Å². The second-order valence-corrected chi connectivity index (χ2v) is 17.4. The van der Waals surface area contributed by atoms with Crippen molar-refractivity contribution in [2.24, 2.45) is 5.92 Å². The molecule has 0 aliphatic carbocycles. The Morgan fingerprint density at radius 3 is 2.21 bits per heavy atom. The van der Waals surface area contributed by atoms with Crippen molar-refractivity contribution < 1.29 is 33.2 Å². The van der Waals surface area contributed by atoms with Crippen LogP contribution in [0.25, 0.3) is 0 Å². The van der Waals surface area contributed by atoms with Crippen LogP contribution in [0.4, 0.5) is 15.8 Å². The van der Waals surface area contributed by atoms with Crippen LogP contribution >= 0.6 is 0 Å². The maximum atomic E-state index is 14.7. The molecule has 14 nitrogen and oxygen atoms in total. The second-order valence-electron chi connectivity index (χ2n) is 17.4. The molecule has 0 saturated carbocycles. The highest BCUT2D eigenvalue weighted by Crippen LogP contribution is 2.34. The van der Waals surface area contributed by atoms with Gasteiger partial charge in [0.1, 0.15) is 11.9 Å². The van der Waals surface area contributed by atoms with Crippen LogP contribution < -0.4 is 15.5 Å². The number of nitrogens with zero attached hydrogens (tertiary/aromatic N) is 6. The number of benzene rings is 3. The number of rotatable bonds is 11. The molecule has 3 aromatic rings. The average Bonchev–Trinajstić information content (AvgIpc) is 3.79. The normalized spacial score (nSPS) is 22.6. The number of piperazine rings is 1. The minimum absolute atomic E-state index is 0.000968. The van der Waals surface area contributed by atoms with E-state index in [2.05, 4.69) is 63.7 Å². The first-order valence-corrected chi connectivity index (χ1v) is 21.5. The third-order valence-electron chi connectivity index (χ3n) is 13.4. The Labute approximate surface area is 356 Å². The van der Waals surface area contributed by atoms with Crippen LogP contribution in [0.3, 0.4) is 0 Å². The fourth-order valence-electron chi connectivity index (χ4n) is 9.72. The van der Waals surface area contributed by atoms with Gasteiger partial charge in [-0.2, -0.15) is 0 Å². The molecule has 5 aliphatic rings. The Morgan fingerprint density at radius 2 is 1.52 bits per heavy atom. The van der Waals surface area contributed by atoms with E-state index in [4.69, 9.17) is 0 Å². The minimum Gasteiger partial charge on any atom is -0.376 e. The summed E-state index contributed by atoms with van der Waals surface area (Å²) in [5.74, 6) is -1.84. The number of fused-ring (bicyclic) bond motifs is 1. The predicted molar refractivity (Wildman–Crippen MR) is 227 cm³/mol. The Morgan fingerprint density at radius 1 is 0.820 bits per heavy atom. The zero-order valence-electron chi connectivity index (χ0n) is 35.2. The average molecular weight is 835 g/mol.